The Balaban J connectivity index is 2.30. The Hall–Kier alpha value is -0.720. The van der Waals surface area contributed by atoms with Crippen LogP contribution in [0.5, 0.6) is 0 Å². The second kappa shape index (κ2) is 5.75. The smallest absolute Gasteiger partial charge is 0.265 e. The minimum Gasteiger partial charge on any atom is -0.376 e. The first-order valence-electron chi connectivity index (χ1n) is 5.70. The second-order valence-corrected chi connectivity index (χ2v) is 4.69. The van der Waals surface area contributed by atoms with Crippen molar-refractivity contribution in [3.63, 3.8) is 0 Å². The van der Waals surface area contributed by atoms with Gasteiger partial charge < -0.3 is 14.5 Å². The molecular weight excluding hydrogens is 288 g/mol. The van der Waals surface area contributed by atoms with Crippen LogP contribution in [0.15, 0.2) is 9.27 Å². The molecule has 0 amide bonds. The molecule has 1 aliphatic heterocycles. The van der Waals surface area contributed by atoms with Crippen LogP contribution in [0.3, 0.4) is 0 Å². The topological polar surface area (TPSA) is 64.2 Å². The predicted molar refractivity (Wildman–Crippen MR) is 66.1 cm³/mol. The van der Waals surface area contributed by atoms with E-state index >= 15 is 0 Å². The van der Waals surface area contributed by atoms with Crippen molar-refractivity contribution >= 4 is 15.9 Å². The lowest BCUT2D eigenvalue weighted by molar-refractivity contribution is -0.0936. The zero-order valence-electron chi connectivity index (χ0n) is 9.66. The highest BCUT2D eigenvalue weighted by molar-refractivity contribution is 9.10. The lowest BCUT2D eigenvalue weighted by Gasteiger charge is -2.22. The van der Waals surface area contributed by atoms with Gasteiger partial charge in [-0.15, -0.1) is 0 Å². The van der Waals surface area contributed by atoms with Crippen LogP contribution in [0.2, 0.25) is 0 Å². The van der Waals surface area contributed by atoms with Crippen LogP contribution in [-0.4, -0.2) is 29.8 Å². The predicted octanol–water partition coefficient (Wildman–Crippen LogP) is 1.57. The third kappa shape index (κ3) is 2.94. The van der Waals surface area contributed by atoms with Crippen molar-refractivity contribution in [3.05, 3.63) is 26.3 Å². The Labute approximate surface area is 108 Å². The Morgan fingerprint density at radius 3 is 3.00 bits per heavy atom. The molecule has 0 aromatic carbocycles. The van der Waals surface area contributed by atoms with E-state index in [1.54, 1.807) is 0 Å². The van der Waals surface area contributed by atoms with Crippen molar-refractivity contribution in [2.75, 3.05) is 19.8 Å². The molecule has 0 aliphatic carbocycles. The lowest BCUT2D eigenvalue weighted by Crippen LogP contribution is -2.26. The van der Waals surface area contributed by atoms with Crippen LogP contribution < -0.4 is 5.56 Å². The molecule has 1 aromatic heterocycles. The number of nitrogens with one attached hydrogen (secondary N) is 1. The van der Waals surface area contributed by atoms with Gasteiger partial charge in [0.25, 0.3) is 5.56 Å². The minimum absolute atomic E-state index is 0.160. The van der Waals surface area contributed by atoms with Crippen molar-refractivity contribution in [1.82, 2.24) is 9.97 Å². The normalized spacial score (nSPS) is 20.5. The summed E-state index contributed by atoms with van der Waals surface area (Å²) in [5, 5.41) is 0. The Bertz CT molecular complexity index is 441. The quantitative estimate of drug-likeness (QED) is 0.920. The van der Waals surface area contributed by atoms with Crippen LogP contribution in [0, 0.1) is 0 Å². The van der Waals surface area contributed by atoms with E-state index in [0.29, 0.717) is 30.1 Å². The van der Waals surface area contributed by atoms with E-state index in [9.17, 15) is 4.79 Å². The Morgan fingerprint density at radius 1 is 1.53 bits per heavy atom. The highest BCUT2D eigenvalue weighted by atomic mass is 79.9. The van der Waals surface area contributed by atoms with Crippen LogP contribution in [0.4, 0.5) is 0 Å². The molecule has 1 atom stereocenters. The van der Waals surface area contributed by atoms with Crippen LogP contribution in [0.25, 0.3) is 0 Å². The molecular formula is C11H15BrN2O3. The highest BCUT2D eigenvalue weighted by Crippen LogP contribution is 2.19. The monoisotopic (exact) mass is 302 g/mol. The zero-order valence-corrected chi connectivity index (χ0v) is 11.2. The summed E-state index contributed by atoms with van der Waals surface area (Å²) in [6.07, 6.45) is 1.45. The van der Waals surface area contributed by atoms with Crippen LogP contribution in [-0.2, 0) is 15.9 Å². The molecule has 1 N–H and O–H groups in total. The van der Waals surface area contributed by atoms with E-state index in [-0.39, 0.29) is 11.7 Å². The maximum absolute atomic E-state index is 11.7. The lowest BCUT2D eigenvalue weighted by atomic mass is 10.2. The van der Waals surface area contributed by atoms with E-state index in [1.165, 1.54) is 0 Å². The first-order chi connectivity index (χ1) is 8.22. The Kier molecular flexibility index (Phi) is 4.31. The van der Waals surface area contributed by atoms with Gasteiger partial charge in [0.2, 0.25) is 0 Å². The fourth-order valence-electron chi connectivity index (χ4n) is 1.73. The SMILES string of the molecule is CCCc1nc(C2COCCO2)[nH]c(=O)c1Br. The molecule has 6 heteroatoms. The van der Waals surface area contributed by atoms with Gasteiger partial charge in [-0.1, -0.05) is 13.3 Å². The van der Waals surface area contributed by atoms with Gasteiger partial charge in [0.1, 0.15) is 16.4 Å². The third-order valence-electron chi connectivity index (χ3n) is 2.56. The fraction of sp³-hybridized carbons (Fsp3) is 0.636. The van der Waals surface area contributed by atoms with Gasteiger partial charge in [-0.25, -0.2) is 4.98 Å². The summed E-state index contributed by atoms with van der Waals surface area (Å²) in [6, 6.07) is 0. The van der Waals surface area contributed by atoms with Gasteiger partial charge in [0, 0.05) is 0 Å². The molecule has 17 heavy (non-hydrogen) atoms. The van der Waals surface area contributed by atoms with Gasteiger partial charge >= 0.3 is 0 Å². The molecule has 1 saturated heterocycles. The van der Waals surface area contributed by atoms with E-state index in [4.69, 9.17) is 9.47 Å². The Morgan fingerprint density at radius 2 is 2.35 bits per heavy atom. The molecule has 94 valence electrons. The molecule has 1 aliphatic rings. The van der Waals surface area contributed by atoms with Gasteiger partial charge in [0.15, 0.2) is 0 Å². The summed E-state index contributed by atoms with van der Waals surface area (Å²) in [6.45, 7) is 3.62. The average Bonchev–Trinajstić information content (AvgIpc) is 2.36. The summed E-state index contributed by atoms with van der Waals surface area (Å²) in [7, 11) is 0. The fourth-order valence-corrected chi connectivity index (χ4v) is 2.11. The third-order valence-corrected chi connectivity index (χ3v) is 3.38. The zero-order chi connectivity index (χ0) is 12.3. The second-order valence-electron chi connectivity index (χ2n) is 3.90. The largest absolute Gasteiger partial charge is 0.376 e. The highest BCUT2D eigenvalue weighted by Gasteiger charge is 2.20. The van der Waals surface area contributed by atoms with Crippen molar-refractivity contribution in [2.45, 2.75) is 25.9 Å². The molecule has 0 radical (unpaired) electrons. The number of aromatic nitrogens is 2. The van der Waals surface area contributed by atoms with Crippen molar-refractivity contribution in [1.29, 1.82) is 0 Å². The number of nitrogens with zero attached hydrogens (tertiary/aromatic N) is 1. The van der Waals surface area contributed by atoms with Crippen molar-refractivity contribution < 1.29 is 9.47 Å². The van der Waals surface area contributed by atoms with Gasteiger partial charge in [-0.3, -0.25) is 4.79 Å². The standard InChI is InChI=1S/C11H15BrN2O3/c1-2-3-7-9(12)11(15)14-10(13-7)8-6-16-4-5-17-8/h8H,2-6H2,1H3,(H,13,14,15). The summed E-state index contributed by atoms with van der Waals surface area (Å²) in [5.41, 5.74) is 0.619. The van der Waals surface area contributed by atoms with Gasteiger partial charge in [-0.2, -0.15) is 0 Å². The number of aryl methyl sites for hydroxylation is 1. The molecule has 2 rings (SSSR count). The van der Waals surface area contributed by atoms with Gasteiger partial charge in [0.05, 0.1) is 25.5 Å². The molecule has 2 heterocycles. The number of H-pyrrole nitrogens is 1. The molecule has 0 bridgehead atoms. The number of hydrogen-bond donors (Lipinski definition) is 1. The number of aromatic amines is 1. The van der Waals surface area contributed by atoms with E-state index in [1.807, 2.05) is 0 Å². The molecule has 1 fully saturated rings. The van der Waals surface area contributed by atoms with E-state index in [2.05, 4.69) is 32.8 Å². The summed E-state index contributed by atoms with van der Waals surface area (Å²) in [4.78, 5) is 18.9. The molecule has 0 saturated carbocycles. The maximum Gasteiger partial charge on any atom is 0.265 e. The van der Waals surface area contributed by atoms with E-state index in [0.717, 1.165) is 18.5 Å². The maximum atomic E-state index is 11.7. The molecule has 0 spiro atoms. The number of rotatable bonds is 3. The summed E-state index contributed by atoms with van der Waals surface area (Å²) in [5.74, 6) is 0.557. The molecule has 1 unspecified atom stereocenters. The summed E-state index contributed by atoms with van der Waals surface area (Å²) >= 11 is 3.26. The number of ether oxygens (including phenoxy) is 2. The number of halogens is 1. The van der Waals surface area contributed by atoms with E-state index < -0.39 is 0 Å². The number of hydrogen-bond acceptors (Lipinski definition) is 4. The van der Waals surface area contributed by atoms with Gasteiger partial charge in [-0.05, 0) is 22.4 Å². The summed E-state index contributed by atoms with van der Waals surface area (Å²) < 4.78 is 11.3. The van der Waals surface area contributed by atoms with Crippen molar-refractivity contribution in [3.8, 4) is 0 Å². The molecule has 1 aromatic rings. The first-order valence-corrected chi connectivity index (χ1v) is 6.49. The molecule has 5 nitrogen and oxygen atoms in total. The van der Waals surface area contributed by atoms with Crippen LogP contribution >= 0.6 is 15.9 Å². The first kappa shape index (κ1) is 12.7. The van der Waals surface area contributed by atoms with Crippen LogP contribution in [0.1, 0.15) is 31.0 Å². The van der Waals surface area contributed by atoms with Crippen molar-refractivity contribution in [2.24, 2.45) is 0 Å². The minimum atomic E-state index is -0.264. The average molecular weight is 303 g/mol.